The number of ether oxygens (including phenoxy) is 2. The average Bonchev–Trinajstić information content (AvgIpc) is 3.23. The molecule has 0 unspecified atom stereocenters. The molecule has 0 fully saturated rings. The third-order valence-electron chi connectivity index (χ3n) is 3.23. The van der Waals surface area contributed by atoms with Gasteiger partial charge in [-0.3, -0.25) is 4.72 Å². The summed E-state index contributed by atoms with van der Waals surface area (Å²) in [6.45, 7) is 1.67. The lowest BCUT2D eigenvalue weighted by Gasteiger charge is -2.12. The number of nitrogens with zero attached hydrogens (tertiary/aromatic N) is 2. The Morgan fingerprint density at radius 3 is 2.56 bits per heavy atom. The minimum absolute atomic E-state index is 0.114. The Labute approximate surface area is 148 Å². The number of hydrogen-bond acceptors (Lipinski definition) is 8. The molecule has 132 valence electrons. The number of rotatable bonds is 6. The van der Waals surface area contributed by atoms with Gasteiger partial charge in [0.25, 0.3) is 15.9 Å². The van der Waals surface area contributed by atoms with E-state index < -0.39 is 10.0 Å². The zero-order valence-corrected chi connectivity index (χ0v) is 15.3. The number of thiophene rings is 1. The number of methoxy groups -OCH3 is 2. The van der Waals surface area contributed by atoms with E-state index in [2.05, 4.69) is 14.9 Å². The summed E-state index contributed by atoms with van der Waals surface area (Å²) in [5, 5.41) is 7.63. The van der Waals surface area contributed by atoms with E-state index in [1.165, 1.54) is 20.3 Å². The van der Waals surface area contributed by atoms with E-state index in [0.717, 1.165) is 11.3 Å². The predicted molar refractivity (Wildman–Crippen MR) is 92.7 cm³/mol. The van der Waals surface area contributed by atoms with Gasteiger partial charge in [0.05, 0.1) is 24.8 Å². The molecule has 0 bridgehead atoms. The van der Waals surface area contributed by atoms with Gasteiger partial charge in [-0.15, -0.1) is 21.5 Å². The Morgan fingerprint density at radius 1 is 1.12 bits per heavy atom. The van der Waals surface area contributed by atoms with Gasteiger partial charge in [0, 0.05) is 13.0 Å². The van der Waals surface area contributed by atoms with Gasteiger partial charge in [-0.2, -0.15) is 0 Å². The van der Waals surface area contributed by atoms with E-state index in [1.54, 1.807) is 31.2 Å². The van der Waals surface area contributed by atoms with Crippen LogP contribution in [0.4, 0.5) is 5.69 Å². The monoisotopic (exact) mass is 381 g/mol. The molecular formula is C15H15N3O5S2. The summed E-state index contributed by atoms with van der Waals surface area (Å²) in [6.07, 6.45) is 0. The summed E-state index contributed by atoms with van der Waals surface area (Å²) in [4.78, 5) is 0.568. The summed E-state index contributed by atoms with van der Waals surface area (Å²) in [5.74, 6) is 1.58. The van der Waals surface area contributed by atoms with Crippen LogP contribution in [-0.2, 0) is 10.0 Å². The molecule has 1 N–H and O–H groups in total. The highest BCUT2D eigenvalue weighted by atomic mass is 32.2. The number of nitrogens with one attached hydrogen (secondary N) is 1. The van der Waals surface area contributed by atoms with Crippen molar-refractivity contribution < 1.29 is 22.3 Å². The number of aryl methyl sites for hydroxylation is 1. The standard InChI is InChI=1S/C15H15N3O5S2/c1-9-16-17-15(23-9)13-6-7-14(24-13)25(19,20)18-11-8-10(21-2)4-5-12(11)22-3/h4-8,18H,1-3H3. The van der Waals surface area contributed by atoms with Gasteiger partial charge in [0.1, 0.15) is 15.7 Å². The maximum absolute atomic E-state index is 12.7. The van der Waals surface area contributed by atoms with Crippen molar-refractivity contribution in [3.63, 3.8) is 0 Å². The van der Waals surface area contributed by atoms with Crippen LogP contribution in [0.1, 0.15) is 5.89 Å². The lowest BCUT2D eigenvalue weighted by molar-refractivity contribution is 0.405. The molecule has 0 saturated heterocycles. The quantitative estimate of drug-likeness (QED) is 0.700. The number of aromatic nitrogens is 2. The smallest absolute Gasteiger partial charge is 0.271 e. The van der Waals surface area contributed by atoms with Crippen molar-refractivity contribution in [2.75, 3.05) is 18.9 Å². The van der Waals surface area contributed by atoms with Gasteiger partial charge in [-0.1, -0.05) is 0 Å². The summed E-state index contributed by atoms with van der Waals surface area (Å²) in [7, 11) is -0.851. The van der Waals surface area contributed by atoms with Crippen molar-refractivity contribution in [3.05, 3.63) is 36.2 Å². The second-order valence-electron chi connectivity index (χ2n) is 4.92. The van der Waals surface area contributed by atoms with Crippen molar-refractivity contribution >= 4 is 27.0 Å². The Morgan fingerprint density at radius 2 is 1.92 bits per heavy atom. The predicted octanol–water partition coefficient (Wildman–Crippen LogP) is 2.92. The number of hydrogen-bond donors (Lipinski definition) is 1. The molecule has 0 aliphatic carbocycles. The summed E-state index contributed by atoms with van der Waals surface area (Å²) in [6, 6.07) is 7.95. The summed E-state index contributed by atoms with van der Waals surface area (Å²) >= 11 is 1.03. The zero-order chi connectivity index (χ0) is 18.0. The highest BCUT2D eigenvalue weighted by Crippen LogP contribution is 2.34. The van der Waals surface area contributed by atoms with Crippen LogP contribution in [0.25, 0.3) is 10.8 Å². The van der Waals surface area contributed by atoms with Gasteiger partial charge < -0.3 is 13.9 Å². The SMILES string of the molecule is COc1ccc(OC)c(NS(=O)(=O)c2ccc(-c3nnc(C)o3)s2)c1. The number of benzene rings is 1. The Balaban J connectivity index is 1.91. The molecule has 0 saturated carbocycles. The lowest BCUT2D eigenvalue weighted by atomic mass is 10.3. The van der Waals surface area contributed by atoms with Crippen molar-refractivity contribution in [1.29, 1.82) is 0 Å². The summed E-state index contributed by atoms with van der Waals surface area (Å²) in [5.41, 5.74) is 0.283. The maximum atomic E-state index is 12.7. The minimum atomic E-state index is -3.81. The number of anilines is 1. The second-order valence-corrected chi connectivity index (χ2v) is 7.91. The zero-order valence-electron chi connectivity index (χ0n) is 13.6. The fourth-order valence-electron chi connectivity index (χ4n) is 2.06. The Kier molecular flexibility index (Phi) is 4.64. The molecule has 1 aromatic carbocycles. The molecule has 0 atom stereocenters. The van der Waals surface area contributed by atoms with Crippen LogP contribution < -0.4 is 14.2 Å². The third-order valence-corrected chi connectivity index (χ3v) is 6.16. The Hall–Kier alpha value is -2.59. The van der Waals surface area contributed by atoms with E-state index >= 15 is 0 Å². The van der Waals surface area contributed by atoms with Gasteiger partial charge in [0.2, 0.25) is 5.89 Å². The normalized spacial score (nSPS) is 11.3. The molecular weight excluding hydrogens is 366 g/mol. The lowest BCUT2D eigenvalue weighted by Crippen LogP contribution is -2.12. The van der Waals surface area contributed by atoms with E-state index in [-0.39, 0.29) is 15.8 Å². The van der Waals surface area contributed by atoms with Crippen molar-refractivity contribution in [2.45, 2.75) is 11.1 Å². The molecule has 0 radical (unpaired) electrons. The van der Waals surface area contributed by atoms with Crippen LogP contribution >= 0.6 is 11.3 Å². The molecule has 10 heteroatoms. The molecule has 25 heavy (non-hydrogen) atoms. The van der Waals surface area contributed by atoms with Crippen LogP contribution in [0.5, 0.6) is 11.5 Å². The molecule has 2 heterocycles. The largest absolute Gasteiger partial charge is 0.497 e. The van der Waals surface area contributed by atoms with E-state index in [9.17, 15) is 8.42 Å². The van der Waals surface area contributed by atoms with Gasteiger partial charge in [-0.05, 0) is 24.3 Å². The first-order valence-corrected chi connectivity index (χ1v) is 9.38. The highest BCUT2D eigenvalue weighted by molar-refractivity contribution is 7.94. The molecule has 2 aromatic heterocycles. The molecule has 8 nitrogen and oxygen atoms in total. The summed E-state index contributed by atoms with van der Waals surface area (Å²) < 4.78 is 43.6. The fourth-order valence-corrected chi connectivity index (χ4v) is 4.35. The van der Waals surface area contributed by atoms with E-state index in [0.29, 0.717) is 22.3 Å². The maximum Gasteiger partial charge on any atom is 0.271 e. The van der Waals surface area contributed by atoms with Crippen LogP contribution in [-0.4, -0.2) is 32.8 Å². The molecule has 0 aliphatic rings. The van der Waals surface area contributed by atoms with Gasteiger partial charge in [-0.25, -0.2) is 8.42 Å². The highest BCUT2D eigenvalue weighted by Gasteiger charge is 2.21. The molecule has 0 spiro atoms. The minimum Gasteiger partial charge on any atom is -0.497 e. The molecule has 0 amide bonds. The van der Waals surface area contributed by atoms with Gasteiger partial charge >= 0.3 is 0 Å². The van der Waals surface area contributed by atoms with Crippen molar-refractivity contribution in [3.8, 4) is 22.3 Å². The van der Waals surface area contributed by atoms with Crippen molar-refractivity contribution in [2.24, 2.45) is 0 Å². The first-order valence-electron chi connectivity index (χ1n) is 7.08. The molecule has 3 aromatic rings. The van der Waals surface area contributed by atoms with Crippen molar-refractivity contribution in [1.82, 2.24) is 10.2 Å². The Bertz CT molecular complexity index is 994. The van der Waals surface area contributed by atoms with Crippen LogP contribution in [0, 0.1) is 6.92 Å². The topological polar surface area (TPSA) is 104 Å². The average molecular weight is 381 g/mol. The molecule has 0 aliphatic heterocycles. The third kappa shape index (κ3) is 3.59. The van der Waals surface area contributed by atoms with Crippen LogP contribution in [0.3, 0.4) is 0 Å². The van der Waals surface area contributed by atoms with E-state index in [4.69, 9.17) is 13.9 Å². The second kappa shape index (κ2) is 6.73. The van der Waals surface area contributed by atoms with Gasteiger partial charge in [0.15, 0.2) is 0 Å². The van der Waals surface area contributed by atoms with Crippen LogP contribution in [0.2, 0.25) is 0 Å². The fraction of sp³-hybridized carbons (Fsp3) is 0.200. The first kappa shape index (κ1) is 17.2. The van der Waals surface area contributed by atoms with E-state index in [1.807, 2.05) is 0 Å². The number of sulfonamides is 1. The molecule has 3 rings (SSSR count). The first-order chi connectivity index (χ1) is 11.9. The van der Waals surface area contributed by atoms with Crippen LogP contribution in [0.15, 0.2) is 39.0 Å².